The van der Waals surface area contributed by atoms with Gasteiger partial charge in [-0.3, -0.25) is 9.48 Å². The Hall–Kier alpha value is -2.50. The van der Waals surface area contributed by atoms with Crippen LogP contribution in [0.25, 0.3) is 11.3 Å². The monoisotopic (exact) mass is 325 g/mol. The van der Waals surface area contributed by atoms with Gasteiger partial charge in [-0.1, -0.05) is 30.3 Å². The van der Waals surface area contributed by atoms with Gasteiger partial charge in [-0.25, -0.2) is 5.53 Å². The Kier molecular flexibility index (Phi) is 4.74. The topological polar surface area (TPSA) is 74.3 Å². The van der Waals surface area contributed by atoms with Gasteiger partial charge in [-0.05, 0) is 31.4 Å². The molecule has 3 rings (SSSR count). The van der Waals surface area contributed by atoms with Gasteiger partial charge in [0.1, 0.15) is 0 Å². The second-order valence-electron chi connectivity index (χ2n) is 6.43. The Bertz CT molecular complexity index is 724. The summed E-state index contributed by atoms with van der Waals surface area (Å²) in [7, 11) is 1.86. The summed E-state index contributed by atoms with van der Waals surface area (Å²) < 4.78 is 1.76. The molecule has 24 heavy (non-hydrogen) atoms. The van der Waals surface area contributed by atoms with Crippen LogP contribution in [0.15, 0.2) is 41.5 Å². The smallest absolute Gasteiger partial charge is 0.274 e. The van der Waals surface area contributed by atoms with Crippen molar-refractivity contribution in [2.75, 3.05) is 13.1 Å². The molecule has 1 N–H and O–H groups in total. The maximum absolute atomic E-state index is 12.8. The molecule has 1 aromatic carbocycles. The number of benzene rings is 1. The molecule has 0 saturated carbocycles. The second-order valence-corrected chi connectivity index (χ2v) is 6.43. The minimum absolute atomic E-state index is 0.0327. The quantitative estimate of drug-likeness (QED) is 0.875. The summed E-state index contributed by atoms with van der Waals surface area (Å²) in [6, 6.07) is 11.8. The Balaban J connectivity index is 1.79. The van der Waals surface area contributed by atoms with E-state index >= 15 is 0 Å². The van der Waals surface area contributed by atoms with Crippen LogP contribution in [0.5, 0.6) is 0 Å². The van der Waals surface area contributed by atoms with Gasteiger partial charge in [-0.15, -0.1) is 0 Å². The van der Waals surface area contributed by atoms with E-state index in [-0.39, 0.29) is 17.9 Å². The first kappa shape index (κ1) is 16.4. The molecule has 2 heterocycles. The number of aryl methyl sites for hydroxylation is 1. The summed E-state index contributed by atoms with van der Waals surface area (Å²) in [5, 5.41) is 8.05. The third kappa shape index (κ3) is 3.22. The van der Waals surface area contributed by atoms with Crippen LogP contribution in [0, 0.1) is 11.4 Å². The van der Waals surface area contributed by atoms with Crippen LogP contribution in [0.4, 0.5) is 0 Å². The Morgan fingerprint density at radius 3 is 2.83 bits per heavy atom. The summed E-state index contributed by atoms with van der Waals surface area (Å²) >= 11 is 0. The molecule has 2 aromatic rings. The summed E-state index contributed by atoms with van der Waals surface area (Å²) in [6.07, 6.45) is 1.97. The maximum Gasteiger partial charge on any atom is 0.274 e. The molecule has 2 unspecified atom stereocenters. The normalized spacial score (nSPS) is 19.1. The van der Waals surface area contributed by atoms with Crippen molar-refractivity contribution in [1.82, 2.24) is 14.7 Å². The number of rotatable bonds is 4. The van der Waals surface area contributed by atoms with Gasteiger partial charge in [0, 0.05) is 26.1 Å². The highest BCUT2D eigenvalue weighted by atomic mass is 16.2. The Morgan fingerprint density at radius 2 is 2.12 bits per heavy atom. The highest BCUT2D eigenvalue weighted by Gasteiger charge is 2.29. The number of nitrogens with one attached hydrogen (secondary N) is 1. The predicted molar refractivity (Wildman–Crippen MR) is 91.9 cm³/mol. The Morgan fingerprint density at radius 1 is 1.38 bits per heavy atom. The first-order valence-electron chi connectivity index (χ1n) is 8.35. The molecule has 0 bridgehead atoms. The molecule has 126 valence electrons. The van der Waals surface area contributed by atoms with Crippen LogP contribution < -0.4 is 0 Å². The van der Waals surface area contributed by atoms with Gasteiger partial charge in [-0.2, -0.15) is 10.2 Å². The Labute approximate surface area is 142 Å². The lowest BCUT2D eigenvalue weighted by molar-refractivity contribution is 0.0652. The van der Waals surface area contributed by atoms with Crippen LogP contribution in [0.3, 0.4) is 0 Å². The average molecular weight is 325 g/mol. The number of likely N-dealkylation sites (tertiary alicyclic amines) is 1. The van der Waals surface area contributed by atoms with Crippen LogP contribution in [-0.4, -0.2) is 39.7 Å². The number of hydrogen-bond acceptors (Lipinski definition) is 4. The zero-order valence-corrected chi connectivity index (χ0v) is 14.1. The van der Waals surface area contributed by atoms with Crippen molar-refractivity contribution in [3.05, 3.63) is 42.1 Å². The highest BCUT2D eigenvalue weighted by molar-refractivity contribution is 5.93. The molecular weight excluding hydrogens is 302 g/mol. The zero-order chi connectivity index (χ0) is 17.1. The average Bonchev–Trinajstić information content (AvgIpc) is 3.03. The predicted octanol–water partition coefficient (Wildman–Crippen LogP) is 3.36. The highest BCUT2D eigenvalue weighted by Crippen LogP contribution is 2.24. The molecule has 0 radical (unpaired) electrons. The summed E-state index contributed by atoms with van der Waals surface area (Å²) in [4.78, 5) is 14.7. The van der Waals surface area contributed by atoms with Crippen LogP contribution in [0.1, 0.15) is 30.3 Å². The minimum Gasteiger partial charge on any atom is -0.337 e. The van der Waals surface area contributed by atoms with Crippen molar-refractivity contribution < 1.29 is 4.79 Å². The van der Waals surface area contributed by atoms with E-state index in [4.69, 9.17) is 5.53 Å². The van der Waals surface area contributed by atoms with Crippen molar-refractivity contribution in [3.8, 4) is 11.3 Å². The first-order chi connectivity index (χ1) is 11.6. The summed E-state index contributed by atoms with van der Waals surface area (Å²) in [6.45, 7) is 3.34. The van der Waals surface area contributed by atoms with Gasteiger partial charge in [0.25, 0.3) is 5.91 Å². The van der Waals surface area contributed by atoms with Crippen molar-refractivity contribution in [1.29, 1.82) is 5.53 Å². The number of amides is 1. The van der Waals surface area contributed by atoms with Crippen molar-refractivity contribution >= 4 is 5.91 Å². The standard InChI is InChI=1S/C18H23N5O/c1-13(20-19)15-9-6-10-23(12-15)18(24)16-11-17(22(2)21-16)14-7-4-3-5-8-14/h3-5,7-8,11,13,15,19H,6,9-10,12H2,1-2H3. The van der Waals surface area contributed by atoms with Crippen LogP contribution in [-0.2, 0) is 7.05 Å². The largest absolute Gasteiger partial charge is 0.337 e. The fraction of sp³-hybridized carbons (Fsp3) is 0.444. The summed E-state index contributed by atoms with van der Waals surface area (Å²) in [5.41, 5.74) is 9.67. The lowest BCUT2D eigenvalue weighted by atomic mass is 9.92. The number of hydrogen-bond donors (Lipinski definition) is 1. The fourth-order valence-corrected chi connectivity index (χ4v) is 3.31. The van der Waals surface area contributed by atoms with E-state index in [9.17, 15) is 4.79 Å². The van der Waals surface area contributed by atoms with Crippen molar-refractivity contribution in [3.63, 3.8) is 0 Å². The number of piperidine rings is 1. The van der Waals surface area contributed by atoms with E-state index in [2.05, 4.69) is 10.2 Å². The molecule has 1 aromatic heterocycles. The lowest BCUT2D eigenvalue weighted by Gasteiger charge is -2.33. The molecule has 6 heteroatoms. The number of aromatic nitrogens is 2. The van der Waals surface area contributed by atoms with Gasteiger partial charge >= 0.3 is 0 Å². The number of nitrogens with zero attached hydrogens (tertiary/aromatic N) is 4. The summed E-state index contributed by atoms with van der Waals surface area (Å²) in [5.74, 6) is 0.229. The molecule has 1 amide bonds. The molecule has 6 nitrogen and oxygen atoms in total. The number of carbonyl (C=O) groups is 1. The first-order valence-corrected chi connectivity index (χ1v) is 8.35. The van der Waals surface area contributed by atoms with E-state index < -0.39 is 0 Å². The number of carbonyl (C=O) groups excluding carboxylic acids is 1. The van der Waals surface area contributed by atoms with E-state index in [1.54, 1.807) is 4.68 Å². The molecular formula is C18H23N5O. The molecule has 1 saturated heterocycles. The van der Waals surface area contributed by atoms with Crippen LogP contribution >= 0.6 is 0 Å². The second kappa shape index (κ2) is 6.95. The van der Waals surface area contributed by atoms with Gasteiger partial charge < -0.3 is 4.90 Å². The van der Waals surface area contributed by atoms with Crippen molar-refractivity contribution in [2.24, 2.45) is 18.1 Å². The fourth-order valence-electron chi connectivity index (χ4n) is 3.31. The van der Waals surface area contributed by atoms with E-state index in [1.165, 1.54) is 0 Å². The molecule has 0 aliphatic carbocycles. The van der Waals surface area contributed by atoms with Gasteiger partial charge in [0.2, 0.25) is 0 Å². The van der Waals surface area contributed by atoms with E-state index in [1.807, 2.05) is 55.3 Å². The molecule has 1 fully saturated rings. The van der Waals surface area contributed by atoms with Gasteiger partial charge in [0.05, 0.1) is 11.7 Å². The van der Waals surface area contributed by atoms with Crippen molar-refractivity contribution in [2.45, 2.75) is 25.8 Å². The van der Waals surface area contributed by atoms with E-state index in [0.29, 0.717) is 12.2 Å². The molecule has 1 aliphatic rings. The third-order valence-corrected chi connectivity index (χ3v) is 4.80. The maximum atomic E-state index is 12.8. The molecule has 1 aliphatic heterocycles. The lowest BCUT2D eigenvalue weighted by Crippen LogP contribution is -2.42. The SMILES string of the molecule is CC(N=N)C1CCCN(C(=O)c2cc(-c3ccccc3)n(C)n2)C1. The van der Waals surface area contributed by atoms with Crippen LogP contribution in [0.2, 0.25) is 0 Å². The molecule has 0 spiro atoms. The molecule has 2 atom stereocenters. The zero-order valence-electron chi connectivity index (χ0n) is 14.1. The van der Waals surface area contributed by atoms with Gasteiger partial charge in [0.15, 0.2) is 5.69 Å². The van der Waals surface area contributed by atoms with E-state index in [0.717, 1.165) is 30.6 Å². The third-order valence-electron chi connectivity index (χ3n) is 4.80. The minimum atomic E-state index is -0.0378.